The minimum absolute atomic E-state index is 0.0678. The number of benzene rings is 1. The predicted octanol–water partition coefficient (Wildman–Crippen LogP) is 0.790. The zero-order valence-electron chi connectivity index (χ0n) is 10.1. The molecule has 0 saturated carbocycles. The fourth-order valence-corrected chi connectivity index (χ4v) is 3.56. The molecule has 1 aromatic carbocycles. The Morgan fingerprint density at radius 2 is 2.00 bits per heavy atom. The van der Waals surface area contributed by atoms with E-state index in [0.29, 0.717) is 25.2 Å². The fourth-order valence-electron chi connectivity index (χ4n) is 1.97. The van der Waals surface area contributed by atoms with Gasteiger partial charge in [-0.3, -0.25) is 0 Å². The van der Waals surface area contributed by atoms with Crippen LogP contribution in [0.4, 0.5) is 10.1 Å². The molecule has 0 aliphatic carbocycles. The molecular weight excluding hydrogens is 257 g/mol. The smallest absolute Gasteiger partial charge is 0.282 e. The van der Waals surface area contributed by atoms with Gasteiger partial charge in [0.05, 0.1) is 5.69 Å². The lowest BCUT2D eigenvalue weighted by Gasteiger charge is -2.17. The van der Waals surface area contributed by atoms with Crippen LogP contribution in [-0.2, 0) is 16.8 Å². The van der Waals surface area contributed by atoms with Crippen molar-refractivity contribution < 1.29 is 12.8 Å². The molecule has 0 spiro atoms. The number of hydrogen-bond donors (Lipinski definition) is 1. The Balaban J connectivity index is 2.18. The number of likely N-dealkylation sites (N-methyl/N-ethyl adjacent to an activating group) is 1. The van der Waals surface area contributed by atoms with Crippen molar-refractivity contribution in [3.63, 3.8) is 0 Å². The van der Waals surface area contributed by atoms with Gasteiger partial charge in [-0.25, -0.2) is 4.39 Å². The summed E-state index contributed by atoms with van der Waals surface area (Å²) >= 11 is 0. The Morgan fingerprint density at radius 3 is 2.56 bits per heavy atom. The van der Waals surface area contributed by atoms with Crippen LogP contribution in [0.5, 0.6) is 0 Å². The van der Waals surface area contributed by atoms with E-state index in [1.54, 1.807) is 13.0 Å². The maximum atomic E-state index is 13.3. The first-order valence-corrected chi connectivity index (χ1v) is 7.14. The fraction of sp³-hybridized carbons (Fsp3) is 0.455. The zero-order chi connectivity index (χ0) is 13.3. The summed E-state index contributed by atoms with van der Waals surface area (Å²) in [6.07, 6.45) is 0. The molecule has 0 unspecified atom stereocenters. The van der Waals surface area contributed by atoms with E-state index in [1.807, 2.05) is 0 Å². The molecule has 0 bridgehead atoms. The standard InChI is InChI=1S/C11H16FN3O2S/c1-2-14-5-6-15(18(14,16)17)8-9-3-4-11(13)10(12)7-9/h3-4,7H,2,5-6,8,13H2,1H3. The van der Waals surface area contributed by atoms with Crippen LogP contribution in [0.3, 0.4) is 0 Å². The molecule has 2 N–H and O–H groups in total. The van der Waals surface area contributed by atoms with Crippen LogP contribution in [0, 0.1) is 5.82 Å². The SMILES string of the molecule is CCN1CCN(Cc2ccc(N)c(F)c2)S1(=O)=O. The van der Waals surface area contributed by atoms with Crippen LogP contribution in [0.15, 0.2) is 18.2 Å². The summed E-state index contributed by atoms with van der Waals surface area (Å²) in [5.41, 5.74) is 6.05. The van der Waals surface area contributed by atoms with Crippen molar-refractivity contribution in [2.75, 3.05) is 25.4 Å². The molecule has 0 radical (unpaired) electrons. The average Bonchev–Trinajstić information content (AvgIpc) is 2.59. The van der Waals surface area contributed by atoms with Gasteiger partial charge in [0.15, 0.2) is 0 Å². The van der Waals surface area contributed by atoms with Gasteiger partial charge in [-0.15, -0.1) is 0 Å². The first-order valence-electron chi connectivity index (χ1n) is 5.74. The molecule has 2 rings (SSSR count). The second-order valence-electron chi connectivity index (χ2n) is 4.19. The summed E-state index contributed by atoms with van der Waals surface area (Å²) < 4.78 is 40.1. The molecule has 7 heteroatoms. The van der Waals surface area contributed by atoms with Crippen LogP contribution >= 0.6 is 0 Å². The quantitative estimate of drug-likeness (QED) is 0.828. The highest BCUT2D eigenvalue weighted by atomic mass is 32.2. The van der Waals surface area contributed by atoms with Crippen LogP contribution in [-0.4, -0.2) is 36.7 Å². The second-order valence-corrected chi connectivity index (χ2v) is 6.12. The highest BCUT2D eigenvalue weighted by Gasteiger charge is 2.35. The molecule has 1 fully saturated rings. The molecule has 5 nitrogen and oxygen atoms in total. The monoisotopic (exact) mass is 273 g/mol. The Hall–Kier alpha value is -1.18. The Kier molecular flexibility index (Phi) is 3.56. The third-order valence-corrected chi connectivity index (χ3v) is 5.09. The predicted molar refractivity (Wildman–Crippen MR) is 67.4 cm³/mol. The number of anilines is 1. The lowest BCUT2D eigenvalue weighted by Crippen LogP contribution is -2.32. The van der Waals surface area contributed by atoms with Crippen molar-refractivity contribution in [1.82, 2.24) is 8.61 Å². The second kappa shape index (κ2) is 4.83. The van der Waals surface area contributed by atoms with Gasteiger partial charge in [-0.05, 0) is 17.7 Å². The van der Waals surface area contributed by atoms with E-state index >= 15 is 0 Å². The van der Waals surface area contributed by atoms with Gasteiger partial charge in [0.25, 0.3) is 10.2 Å². The van der Waals surface area contributed by atoms with E-state index in [0.717, 1.165) is 0 Å². The molecule has 1 aliphatic rings. The molecule has 0 aromatic heterocycles. The minimum Gasteiger partial charge on any atom is -0.396 e. The number of hydrogen-bond acceptors (Lipinski definition) is 3. The van der Waals surface area contributed by atoms with Crippen molar-refractivity contribution in [2.24, 2.45) is 0 Å². The molecule has 18 heavy (non-hydrogen) atoms. The first-order chi connectivity index (χ1) is 8.45. The normalized spacial score (nSPS) is 20.3. The Morgan fingerprint density at radius 1 is 1.33 bits per heavy atom. The molecule has 1 aromatic rings. The molecule has 0 atom stereocenters. The van der Waals surface area contributed by atoms with Crippen LogP contribution < -0.4 is 5.73 Å². The van der Waals surface area contributed by atoms with Crippen LogP contribution in [0.25, 0.3) is 0 Å². The number of rotatable bonds is 3. The van der Waals surface area contributed by atoms with E-state index in [1.165, 1.54) is 20.7 Å². The molecule has 1 aliphatic heterocycles. The summed E-state index contributed by atoms with van der Waals surface area (Å²) in [6, 6.07) is 4.37. The van der Waals surface area contributed by atoms with E-state index in [9.17, 15) is 12.8 Å². The Labute approximate surface area is 106 Å². The third kappa shape index (κ3) is 2.33. The molecule has 100 valence electrons. The van der Waals surface area contributed by atoms with Crippen molar-refractivity contribution >= 4 is 15.9 Å². The van der Waals surface area contributed by atoms with Crippen molar-refractivity contribution in [3.8, 4) is 0 Å². The molecular formula is C11H16FN3O2S. The van der Waals surface area contributed by atoms with Gasteiger partial charge < -0.3 is 5.73 Å². The van der Waals surface area contributed by atoms with Gasteiger partial charge in [-0.2, -0.15) is 17.0 Å². The van der Waals surface area contributed by atoms with Gasteiger partial charge in [0.1, 0.15) is 5.82 Å². The largest absolute Gasteiger partial charge is 0.396 e. The van der Waals surface area contributed by atoms with Gasteiger partial charge >= 0.3 is 0 Å². The highest BCUT2D eigenvalue weighted by Crippen LogP contribution is 2.20. The Bertz CT molecular complexity index is 547. The number of nitrogens with zero attached hydrogens (tertiary/aromatic N) is 2. The van der Waals surface area contributed by atoms with Crippen molar-refractivity contribution in [3.05, 3.63) is 29.6 Å². The van der Waals surface area contributed by atoms with E-state index < -0.39 is 16.0 Å². The summed E-state index contributed by atoms with van der Waals surface area (Å²) in [5.74, 6) is -0.517. The molecule has 0 amide bonds. The van der Waals surface area contributed by atoms with Gasteiger partial charge in [0, 0.05) is 26.2 Å². The highest BCUT2D eigenvalue weighted by molar-refractivity contribution is 7.87. The lowest BCUT2D eigenvalue weighted by atomic mass is 10.2. The number of halogens is 1. The van der Waals surface area contributed by atoms with Crippen LogP contribution in [0.1, 0.15) is 12.5 Å². The van der Waals surface area contributed by atoms with Gasteiger partial charge in [0.2, 0.25) is 0 Å². The van der Waals surface area contributed by atoms with E-state index in [2.05, 4.69) is 0 Å². The van der Waals surface area contributed by atoms with Crippen LogP contribution in [0.2, 0.25) is 0 Å². The summed E-state index contributed by atoms with van der Waals surface area (Å²) in [7, 11) is -3.39. The molecule has 1 saturated heterocycles. The zero-order valence-corrected chi connectivity index (χ0v) is 11.0. The van der Waals surface area contributed by atoms with E-state index in [4.69, 9.17) is 5.73 Å². The minimum atomic E-state index is -3.39. The van der Waals surface area contributed by atoms with Crippen molar-refractivity contribution in [1.29, 1.82) is 0 Å². The first kappa shape index (κ1) is 13.3. The summed E-state index contributed by atoms with van der Waals surface area (Å²) in [5, 5.41) is 0. The maximum Gasteiger partial charge on any atom is 0.282 e. The van der Waals surface area contributed by atoms with Gasteiger partial charge in [-0.1, -0.05) is 13.0 Å². The molecule has 1 heterocycles. The summed E-state index contributed by atoms with van der Waals surface area (Å²) in [4.78, 5) is 0. The third-order valence-electron chi connectivity index (χ3n) is 3.03. The summed E-state index contributed by atoms with van der Waals surface area (Å²) in [6.45, 7) is 3.34. The number of nitrogens with two attached hydrogens (primary N) is 1. The van der Waals surface area contributed by atoms with E-state index in [-0.39, 0.29) is 12.2 Å². The maximum absolute atomic E-state index is 13.3. The van der Waals surface area contributed by atoms with Crippen molar-refractivity contribution in [2.45, 2.75) is 13.5 Å². The lowest BCUT2D eigenvalue weighted by molar-refractivity contribution is 0.442. The average molecular weight is 273 g/mol. The topological polar surface area (TPSA) is 66.6 Å². The number of nitrogen functional groups attached to an aromatic ring is 1.